The van der Waals surface area contributed by atoms with Crippen molar-refractivity contribution in [2.75, 3.05) is 0 Å². The standard InChI is InChI=1S/C15H12Cl3F/c1-9-6-12(14(18)8-15(9)19)13(17)7-10-2-4-11(16)5-3-10/h2-6,8,13H,7H2,1H3. The molecule has 0 heterocycles. The van der Waals surface area contributed by atoms with Crippen molar-refractivity contribution in [3.8, 4) is 0 Å². The van der Waals surface area contributed by atoms with Crippen LogP contribution in [-0.2, 0) is 6.42 Å². The molecule has 0 nitrogen and oxygen atoms in total. The lowest BCUT2D eigenvalue weighted by Crippen LogP contribution is -1.99. The second-order valence-electron chi connectivity index (χ2n) is 4.42. The van der Waals surface area contributed by atoms with E-state index in [1.807, 2.05) is 24.3 Å². The van der Waals surface area contributed by atoms with Crippen LogP contribution in [0.15, 0.2) is 36.4 Å². The van der Waals surface area contributed by atoms with Crippen LogP contribution in [-0.4, -0.2) is 0 Å². The summed E-state index contributed by atoms with van der Waals surface area (Å²) >= 11 is 18.2. The topological polar surface area (TPSA) is 0 Å². The van der Waals surface area contributed by atoms with Crippen LogP contribution in [0, 0.1) is 12.7 Å². The average Bonchev–Trinajstić information content (AvgIpc) is 2.36. The zero-order chi connectivity index (χ0) is 14.0. The Balaban J connectivity index is 2.22. The monoisotopic (exact) mass is 316 g/mol. The summed E-state index contributed by atoms with van der Waals surface area (Å²) in [6.07, 6.45) is 0.615. The Kier molecular flexibility index (Phi) is 4.72. The summed E-state index contributed by atoms with van der Waals surface area (Å²) in [4.78, 5) is 0. The van der Waals surface area contributed by atoms with E-state index < -0.39 is 0 Å². The lowest BCUT2D eigenvalue weighted by molar-refractivity contribution is 0.617. The van der Waals surface area contributed by atoms with E-state index in [2.05, 4.69) is 0 Å². The van der Waals surface area contributed by atoms with Crippen LogP contribution in [0.2, 0.25) is 10.0 Å². The summed E-state index contributed by atoms with van der Waals surface area (Å²) < 4.78 is 13.4. The molecule has 100 valence electrons. The fraction of sp³-hybridized carbons (Fsp3) is 0.200. The van der Waals surface area contributed by atoms with Gasteiger partial charge in [-0.25, -0.2) is 4.39 Å². The van der Waals surface area contributed by atoms with E-state index in [-0.39, 0.29) is 11.2 Å². The summed E-state index contributed by atoms with van der Waals surface area (Å²) in [5.41, 5.74) is 2.35. The molecule has 0 bridgehead atoms. The van der Waals surface area contributed by atoms with Crippen LogP contribution < -0.4 is 0 Å². The number of hydrogen-bond acceptors (Lipinski definition) is 0. The second-order valence-corrected chi connectivity index (χ2v) is 5.79. The third-order valence-electron chi connectivity index (χ3n) is 2.94. The number of aryl methyl sites for hydroxylation is 1. The van der Waals surface area contributed by atoms with Crippen molar-refractivity contribution in [2.24, 2.45) is 0 Å². The van der Waals surface area contributed by atoms with Crippen LogP contribution in [0.25, 0.3) is 0 Å². The van der Waals surface area contributed by atoms with Gasteiger partial charge in [0.05, 0.1) is 5.38 Å². The van der Waals surface area contributed by atoms with Crippen molar-refractivity contribution in [3.63, 3.8) is 0 Å². The number of rotatable bonds is 3. The van der Waals surface area contributed by atoms with Crippen molar-refractivity contribution in [2.45, 2.75) is 18.7 Å². The molecule has 0 aromatic heterocycles. The Morgan fingerprint density at radius 2 is 1.74 bits per heavy atom. The van der Waals surface area contributed by atoms with Gasteiger partial charge in [0, 0.05) is 10.0 Å². The Morgan fingerprint density at radius 1 is 1.11 bits per heavy atom. The van der Waals surface area contributed by atoms with Crippen LogP contribution >= 0.6 is 34.8 Å². The second kappa shape index (κ2) is 6.13. The molecule has 1 atom stereocenters. The highest BCUT2D eigenvalue weighted by molar-refractivity contribution is 6.32. The van der Waals surface area contributed by atoms with E-state index in [9.17, 15) is 4.39 Å². The van der Waals surface area contributed by atoms with Gasteiger partial charge in [0.25, 0.3) is 0 Å². The van der Waals surface area contributed by atoms with Gasteiger partial charge < -0.3 is 0 Å². The molecule has 2 aromatic carbocycles. The molecule has 0 saturated heterocycles. The smallest absolute Gasteiger partial charge is 0.127 e. The normalized spacial score (nSPS) is 12.5. The molecule has 1 unspecified atom stereocenters. The molecule has 0 N–H and O–H groups in total. The molecule has 2 rings (SSSR count). The van der Waals surface area contributed by atoms with Gasteiger partial charge in [-0.2, -0.15) is 0 Å². The molecule has 2 aromatic rings. The molecule has 0 aliphatic heterocycles. The van der Waals surface area contributed by atoms with Crippen LogP contribution in [0.5, 0.6) is 0 Å². The molecule has 0 saturated carbocycles. The minimum Gasteiger partial charge on any atom is -0.207 e. The summed E-state index contributed by atoms with van der Waals surface area (Å²) in [6.45, 7) is 1.70. The zero-order valence-corrected chi connectivity index (χ0v) is 12.5. The molecular weight excluding hydrogens is 306 g/mol. The third kappa shape index (κ3) is 3.62. The lowest BCUT2D eigenvalue weighted by atomic mass is 10.0. The van der Waals surface area contributed by atoms with Gasteiger partial charge in [0.1, 0.15) is 5.82 Å². The van der Waals surface area contributed by atoms with Crippen LogP contribution in [0.1, 0.15) is 22.1 Å². The fourth-order valence-corrected chi connectivity index (χ4v) is 2.68. The Hall–Kier alpha value is -0.760. The van der Waals surface area contributed by atoms with Crippen molar-refractivity contribution in [3.05, 3.63) is 69.0 Å². The molecule has 0 radical (unpaired) electrons. The van der Waals surface area contributed by atoms with E-state index >= 15 is 0 Å². The molecule has 0 amide bonds. The lowest BCUT2D eigenvalue weighted by Gasteiger charge is -2.13. The van der Waals surface area contributed by atoms with Crippen LogP contribution in [0.4, 0.5) is 4.39 Å². The Morgan fingerprint density at radius 3 is 2.37 bits per heavy atom. The Labute approximate surface area is 127 Å². The van der Waals surface area contributed by atoms with Gasteiger partial charge in [0.15, 0.2) is 0 Å². The van der Waals surface area contributed by atoms with Gasteiger partial charge in [-0.15, -0.1) is 11.6 Å². The summed E-state index contributed by atoms with van der Waals surface area (Å²) in [5, 5.41) is 0.746. The number of benzene rings is 2. The van der Waals surface area contributed by atoms with Crippen molar-refractivity contribution < 1.29 is 4.39 Å². The van der Waals surface area contributed by atoms with Gasteiger partial charge >= 0.3 is 0 Å². The van der Waals surface area contributed by atoms with Gasteiger partial charge in [-0.05, 0) is 48.2 Å². The fourth-order valence-electron chi connectivity index (χ4n) is 1.86. The molecular formula is C15H12Cl3F. The summed E-state index contributed by atoms with van der Waals surface area (Å²) in [7, 11) is 0. The first kappa shape index (κ1) is 14.6. The largest absolute Gasteiger partial charge is 0.207 e. The number of alkyl halides is 1. The highest BCUT2D eigenvalue weighted by Gasteiger charge is 2.15. The highest BCUT2D eigenvalue weighted by atomic mass is 35.5. The van der Waals surface area contributed by atoms with Crippen molar-refractivity contribution in [1.29, 1.82) is 0 Å². The minimum atomic E-state index is -0.316. The maximum absolute atomic E-state index is 13.4. The molecule has 0 spiro atoms. The van der Waals surface area contributed by atoms with E-state index in [1.165, 1.54) is 6.07 Å². The highest BCUT2D eigenvalue weighted by Crippen LogP contribution is 2.32. The zero-order valence-electron chi connectivity index (χ0n) is 10.3. The number of hydrogen-bond donors (Lipinski definition) is 0. The molecule has 19 heavy (non-hydrogen) atoms. The Bertz CT molecular complexity index is 579. The van der Waals surface area contributed by atoms with Gasteiger partial charge in [-0.3, -0.25) is 0 Å². The number of halogens is 4. The van der Waals surface area contributed by atoms with Crippen molar-refractivity contribution in [1.82, 2.24) is 0 Å². The maximum Gasteiger partial charge on any atom is 0.127 e. The summed E-state index contributed by atoms with van der Waals surface area (Å²) in [5.74, 6) is -0.316. The maximum atomic E-state index is 13.4. The average molecular weight is 318 g/mol. The quantitative estimate of drug-likeness (QED) is 0.612. The molecule has 0 fully saturated rings. The molecule has 0 aliphatic carbocycles. The van der Waals surface area contributed by atoms with Gasteiger partial charge in [-0.1, -0.05) is 41.4 Å². The van der Waals surface area contributed by atoms with Crippen LogP contribution in [0.3, 0.4) is 0 Å². The first-order valence-electron chi connectivity index (χ1n) is 5.81. The minimum absolute atomic E-state index is 0.298. The predicted octanol–water partition coefficient (Wildman–Crippen LogP) is 5.96. The van der Waals surface area contributed by atoms with E-state index in [0.29, 0.717) is 22.0 Å². The SMILES string of the molecule is Cc1cc(C(Cl)Cc2ccc(Cl)cc2)c(Cl)cc1F. The van der Waals surface area contributed by atoms with Crippen molar-refractivity contribution >= 4 is 34.8 Å². The first-order chi connectivity index (χ1) is 8.97. The molecule has 0 aliphatic rings. The van der Waals surface area contributed by atoms with E-state index in [1.54, 1.807) is 13.0 Å². The van der Waals surface area contributed by atoms with E-state index in [4.69, 9.17) is 34.8 Å². The third-order valence-corrected chi connectivity index (χ3v) is 3.91. The predicted molar refractivity (Wildman–Crippen MR) is 79.9 cm³/mol. The van der Waals surface area contributed by atoms with Gasteiger partial charge in [0.2, 0.25) is 0 Å². The van der Waals surface area contributed by atoms with E-state index in [0.717, 1.165) is 11.1 Å². The molecule has 4 heteroatoms. The first-order valence-corrected chi connectivity index (χ1v) is 7.00. The summed E-state index contributed by atoms with van der Waals surface area (Å²) in [6, 6.07) is 10.5.